The summed E-state index contributed by atoms with van der Waals surface area (Å²) in [5.41, 5.74) is 0.138. The topological polar surface area (TPSA) is 78.4 Å². The van der Waals surface area contributed by atoms with Crippen LogP contribution in [0.3, 0.4) is 0 Å². The van der Waals surface area contributed by atoms with Crippen LogP contribution in [0.15, 0.2) is 11.4 Å². The lowest BCUT2D eigenvalue weighted by molar-refractivity contribution is 0.0698. The van der Waals surface area contributed by atoms with E-state index in [1.807, 2.05) is 0 Å². The van der Waals surface area contributed by atoms with Gasteiger partial charge in [0.25, 0.3) is 0 Å². The second-order valence-corrected chi connectivity index (χ2v) is 6.20. The van der Waals surface area contributed by atoms with Gasteiger partial charge < -0.3 is 10.4 Å². The molecule has 2 rings (SSSR count). The Morgan fingerprint density at radius 1 is 1.30 bits per heavy atom. The van der Waals surface area contributed by atoms with Crippen LogP contribution in [0.25, 0.3) is 0 Å². The number of aromatic carboxylic acids is 1. The number of hydrogen-bond donors (Lipinski definition) is 3. The highest BCUT2D eigenvalue weighted by atomic mass is 32.1. The predicted octanol–water partition coefficient (Wildman–Crippen LogP) is 3.54. The lowest BCUT2D eigenvalue weighted by atomic mass is 9.97. The number of hydrogen-bond acceptors (Lipinski definition) is 3. The van der Waals surface area contributed by atoms with Gasteiger partial charge in [-0.25, -0.2) is 9.59 Å². The maximum Gasteiger partial charge on any atom is 0.338 e. The third kappa shape index (κ3) is 3.72. The van der Waals surface area contributed by atoms with Crippen molar-refractivity contribution < 1.29 is 14.7 Å². The molecule has 1 saturated carbocycles. The van der Waals surface area contributed by atoms with Gasteiger partial charge in [0.1, 0.15) is 5.00 Å². The number of carbonyl (C=O) groups excluding carboxylic acids is 1. The molecule has 20 heavy (non-hydrogen) atoms. The van der Waals surface area contributed by atoms with Gasteiger partial charge in [-0.1, -0.05) is 26.2 Å². The van der Waals surface area contributed by atoms with Crippen LogP contribution < -0.4 is 10.6 Å². The molecular formula is C14H20N2O3S. The lowest BCUT2D eigenvalue weighted by Crippen LogP contribution is -2.41. The first-order chi connectivity index (χ1) is 9.58. The molecule has 0 aliphatic heterocycles. The van der Waals surface area contributed by atoms with Crippen LogP contribution >= 0.6 is 11.3 Å². The highest BCUT2D eigenvalue weighted by Crippen LogP contribution is 2.25. The van der Waals surface area contributed by atoms with E-state index in [2.05, 4.69) is 17.6 Å². The Labute approximate surface area is 122 Å². The second-order valence-electron chi connectivity index (χ2n) is 5.29. The number of amides is 2. The quantitative estimate of drug-likeness (QED) is 0.746. The Morgan fingerprint density at radius 2 is 2.05 bits per heavy atom. The zero-order valence-corrected chi connectivity index (χ0v) is 12.3. The largest absolute Gasteiger partial charge is 0.478 e. The molecule has 1 aliphatic rings. The summed E-state index contributed by atoms with van der Waals surface area (Å²) in [5.74, 6) is -0.560. The SMILES string of the molecule is CC1CCCCCC1NC(=O)Nc1sccc1C(=O)O. The first-order valence-corrected chi connectivity index (χ1v) is 7.84. The summed E-state index contributed by atoms with van der Waals surface area (Å²) in [7, 11) is 0. The standard InChI is InChI=1S/C14H20N2O3S/c1-9-5-3-2-4-6-11(9)15-14(19)16-12-10(13(17)18)7-8-20-12/h7-9,11H,2-6H2,1H3,(H,17,18)(H2,15,16,19). The summed E-state index contributed by atoms with van der Waals surface area (Å²) in [6.45, 7) is 2.16. The Kier molecular flexibility index (Phi) is 5.00. The fraction of sp³-hybridized carbons (Fsp3) is 0.571. The molecular weight excluding hydrogens is 276 g/mol. The van der Waals surface area contributed by atoms with Gasteiger partial charge in [-0.2, -0.15) is 0 Å². The van der Waals surface area contributed by atoms with Crippen molar-refractivity contribution in [2.45, 2.75) is 45.1 Å². The summed E-state index contributed by atoms with van der Waals surface area (Å²) in [4.78, 5) is 23.0. The van der Waals surface area contributed by atoms with Crippen molar-refractivity contribution in [3.05, 3.63) is 17.0 Å². The molecule has 6 heteroatoms. The molecule has 0 spiro atoms. The minimum Gasteiger partial charge on any atom is -0.478 e. The molecule has 0 bridgehead atoms. The fourth-order valence-corrected chi connectivity index (χ4v) is 3.36. The number of carboxylic acids is 1. The van der Waals surface area contributed by atoms with E-state index in [4.69, 9.17) is 5.11 Å². The molecule has 1 fully saturated rings. The molecule has 110 valence electrons. The van der Waals surface area contributed by atoms with E-state index in [1.165, 1.54) is 30.2 Å². The molecule has 1 heterocycles. The summed E-state index contributed by atoms with van der Waals surface area (Å²) in [6, 6.07) is 1.36. The predicted molar refractivity (Wildman–Crippen MR) is 79.5 cm³/mol. The van der Waals surface area contributed by atoms with E-state index in [9.17, 15) is 9.59 Å². The molecule has 2 unspecified atom stereocenters. The Bertz CT molecular complexity index is 487. The zero-order valence-electron chi connectivity index (χ0n) is 11.5. The molecule has 0 aromatic carbocycles. The van der Waals surface area contributed by atoms with Crippen LogP contribution in [0.5, 0.6) is 0 Å². The van der Waals surface area contributed by atoms with E-state index in [0.29, 0.717) is 10.9 Å². The van der Waals surface area contributed by atoms with E-state index >= 15 is 0 Å². The third-order valence-corrected chi connectivity index (χ3v) is 4.63. The van der Waals surface area contributed by atoms with Crippen LogP contribution in [-0.2, 0) is 0 Å². The minimum atomic E-state index is -1.02. The maximum absolute atomic E-state index is 12.0. The zero-order chi connectivity index (χ0) is 14.5. The summed E-state index contributed by atoms with van der Waals surface area (Å²) < 4.78 is 0. The minimum absolute atomic E-state index is 0.138. The first kappa shape index (κ1) is 14.8. The number of nitrogens with one attached hydrogen (secondary N) is 2. The average Bonchev–Trinajstić information content (AvgIpc) is 2.75. The lowest BCUT2D eigenvalue weighted by Gasteiger charge is -2.22. The van der Waals surface area contributed by atoms with Crippen LogP contribution in [-0.4, -0.2) is 23.1 Å². The van der Waals surface area contributed by atoms with Gasteiger partial charge in [-0.05, 0) is 30.2 Å². The van der Waals surface area contributed by atoms with E-state index in [1.54, 1.807) is 5.38 Å². The average molecular weight is 296 g/mol. The van der Waals surface area contributed by atoms with Crippen molar-refractivity contribution in [1.82, 2.24) is 5.32 Å². The van der Waals surface area contributed by atoms with Crippen molar-refractivity contribution in [3.63, 3.8) is 0 Å². The number of thiophene rings is 1. The van der Waals surface area contributed by atoms with Crippen molar-refractivity contribution in [1.29, 1.82) is 0 Å². The highest BCUT2D eigenvalue weighted by Gasteiger charge is 2.22. The smallest absolute Gasteiger partial charge is 0.338 e. The number of carboxylic acid groups (broad SMARTS) is 1. The normalized spacial score (nSPS) is 22.9. The summed E-state index contributed by atoms with van der Waals surface area (Å²) in [6.07, 6.45) is 5.69. The Morgan fingerprint density at radius 3 is 2.80 bits per heavy atom. The summed E-state index contributed by atoms with van der Waals surface area (Å²) >= 11 is 1.22. The first-order valence-electron chi connectivity index (χ1n) is 6.96. The Balaban J connectivity index is 1.94. The van der Waals surface area contributed by atoms with Crippen LogP contribution in [0.2, 0.25) is 0 Å². The van der Waals surface area contributed by atoms with E-state index in [0.717, 1.165) is 19.3 Å². The fourth-order valence-electron chi connectivity index (χ4n) is 2.59. The third-order valence-electron chi connectivity index (χ3n) is 3.80. The van der Waals surface area contributed by atoms with Gasteiger partial charge in [-0.15, -0.1) is 11.3 Å². The van der Waals surface area contributed by atoms with Crippen LogP contribution in [0, 0.1) is 5.92 Å². The molecule has 0 saturated heterocycles. The van der Waals surface area contributed by atoms with E-state index < -0.39 is 5.97 Å². The number of carbonyl (C=O) groups is 2. The van der Waals surface area contributed by atoms with Crippen molar-refractivity contribution in [2.75, 3.05) is 5.32 Å². The molecule has 0 radical (unpaired) electrons. The molecule has 1 aromatic rings. The van der Waals surface area contributed by atoms with E-state index in [-0.39, 0.29) is 17.6 Å². The van der Waals surface area contributed by atoms with Crippen LogP contribution in [0.1, 0.15) is 49.4 Å². The van der Waals surface area contributed by atoms with Crippen molar-refractivity contribution in [3.8, 4) is 0 Å². The van der Waals surface area contributed by atoms with Crippen LogP contribution in [0.4, 0.5) is 9.80 Å². The van der Waals surface area contributed by atoms with Crippen molar-refractivity contribution >= 4 is 28.3 Å². The molecule has 1 aromatic heterocycles. The summed E-state index contributed by atoms with van der Waals surface area (Å²) in [5, 5.41) is 16.7. The molecule has 2 atom stereocenters. The van der Waals surface area contributed by atoms with Gasteiger partial charge >= 0.3 is 12.0 Å². The number of rotatable bonds is 3. The number of anilines is 1. The second kappa shape index (κ2) is 6.74. The maximum atomic E-state index is 12.0. The van der Waals surface area contributed by atoms with Gasteiger partial charge in [-0.3, -0.25) is 5.32 Å². The number of urea groups is 1. The molecule has 1 aliphatic carbocycles. The van der Waals surface area contributed by atoms with Gasteiger partial charge in [0, 0.05) is 6.04 Å². The molecule has 2 amide bonds. The van der Waals surface area contributed by atoms with Crippen molar-refractivity contribution in [2.24, 2.45) is 5.92 Å². The highest BCUT2D eigenvalue weighted by molar-refractivity contribution is 7.14. The Hall–Kier alpha value is -1.56. The molecule has 5 nitrogen and oxygen atoms in total. The van der Waals surface area contributed by atoms with Gasteiger partial charge in [0.2, 0.25) is 0 Å². The van der Waals surface area contributed by atoms with Gasteiger partial charge in [0.05, 0.1) is 5.56 Å². The van der Waals surface area contributed by atoms with Gasteiger partial charge in [0.15, 0.2) is 0 Å². The monoisotopic (exact) mass is 296 g/mol. The molecule has 3 N–H and O–H groups in total.